The van der Waals surface area contributed by atoms with Gasteiger partial charge in [-0.1, -0.05) is 13.3 Å². The molecule has 0 aliphatic heterocycles. The van der Waals surface area contributed by atoms with Crippen LogP contribution < -0.4 is 0 Å². The smallest absolute Gasteiger partial charge is 0.184 e. The topological polar surface area (TPSA) is 54.5 Å². The van der Waals surface area contributed by atoms with E-state index in [0.29, 0.717) is 0 Å². The van der Waals surface area contributed by atoms with Gasteiger partial charge in [-0.3, -0.25) is 5.10 Å². The van der Waals surface area contributed by atoms with Crippen molar-refractivity contribution in [1.29, 1.82) is 0 Å². The summed E-state index contributed by atoms with van der Waals surface area (Å²) in [5, 5.41) is 8.14. The summed E-state index contributed by atoms with van der Waals surface area (Å²) in [5.41, 5.74) is 1.92. The third kappa shape index (κ3) is 1.52. The summed E-state index contributed by atoms with van der Waals surface area (Å²) in [4.78, 5) is 8.04. The molecule has 0 saturated heterocycles. The van der Waals surface area contributed by atoms with Gasteiger partial charge in [-0.15, -0.1) is 0 Å². The zero-order chi connectivity index (χ0) is 9.10. The normalized spacial score (nSPS) is 10.8. The largest absolute Gasteiger partial charge is 0.280 e. The summed E-state index contributed by atoms with van der Waals surface area (Å²) < 4.78 is 0. The Morgan fingerprint density at radius 2 is 2.38 bits per heavy atom. The lowest BCUT2D eigenvalue weighted by Crippen LogP contribution is -1.85. The Morgan fingerprint density at radius 3 is 3.23 bits per heavy atom. The number of fused-ring (bicyclic) bond motifs is 1. The Morgan fingerprint density at radius 1 is 1.46 bits per heavy atom. The van der Waals surface area contributed by atoms with Crippen molar-refractivity contribution in [3.63, 3.8) is 0 Å². The quantitative estimate of drug-likeness (QED) is 0.774. The van der Waals surface area contributed by atoms with Gasteiger partial charge in [-0.2, -0.15) is 5.10 Å². The van der Waals surface area contributed by atoms with E-state index in [1.807, 2.05) is 6.20 Å². The Labute approximate surface area is 76.4 Å². The van der Waals surface area contributed by atoms with E-state index in [0.717, 1.165) is 23.1 Å². The Balaban J connectivity index is 2.35. The Hall–Kier alpha value is -1.45. The number of rotatable bonds is 3. The van der Waals surface area contributed by atoms with Gasteiger partial charge in [0.2, 0.25) is 0 Å². The van der Waals surface area contributed by atoms with Gasteiger partial charge in [0.25, 0.3) is 0 Å². The molecule has 0 aromatic carbocycles. The zero-order valence-corrected chi connectivity index (χ0v) is 7.62. The second kappa shape index (κ2) is 3.51. The lowest BCUT2D eigenvalue weighted by molar-refractivity contribution is 0.775. The van der Waals surface area contributed by atoms with E-state index in [-0.39, 0.29) is 0 Å². The molecule has 68 valence electrons. The number of nitrogens with one attached hydrogen (secondary N) is 1. The van der Waals surface area contributed by atoms with Crippen LogP contribution in [0.25, 0.3) is 11.0 Å². The molecule has 13 heavy (non-hydrogen) atoms. The molecule has 1 N–H and O–H groups in total. The van der Waals surface area contributed by atoms with Crippen molar-refractivity contribution in [1.82, 2.24) is 20.2 Å². The van der Waals surface area contributed by atoms with Crippen LogP contribution >= 0.6 is 0 Å². The maximum Gasteiger partial charge on any atom is 0.184 e. The highest BCUT2D eigenvalue weighted by Gasteiger charge is 2.04. The number of hydrogen-bond donors (Lipinski definition) is 1. The molecule has 4 nitrogen and oxygen atoms in total. The molecular formula is C9H12N4. The molecule has 2 rings (SSSR count). The van der Waals surface area contributed by atoms with E-state index in [1.165, 1.54) is 19.2 Å². The fourth-order valence-electron chi connectivity index (χ4n) is 1.35. The molecule has 0 aliphatic rings. The van der Waals surface area contributed by atoms with Crippen LogP contribution in [0, 0.1) is 0 Å². The van der Waals surface area contributed by atoms with E-state index in [1.54, 1.807) is 0 Å². The molecule has 0 atom stereocenters. The van der Waals surface area contributed by atoms with Crippen LogP contribution in [-0.4, -0.2) is 20.2 Å². The minimum Gasteiger partial charge on any atom is -0.280 e. The summed E-state index contributed by atoms with van der Waals surface area (Å²) >= 11 is 0. The van der Waals surface area contributed by atoms with Gasteiger partial charge >= 0.3 is 0 Å². The van der Waals surface area contributed by atoms with Gasteiger partial charge in [-0.05, 0) is 12.8 Å². The molecule has 2 aromatic rings. The SMILES string of the molecule is CCCCc1[nH]nc2ncncc12. The standard InChI is InChI=1S/C9H12N4/c1-2-3-4-8-7-5-10-6-11-9(7)13-12-8/h5-6H,2-4H2,1H3,(H,10,11,12,13). The van der Waals surface area contributed by atoms with E-state index < -0.39 is 0 Å². The molecular weight excluding hydrogens is 164 g/mol. The maximum absolute atomic E-state index is 4.10. The Kier molecular flexibility index (Phi) is 2.21. The van der Waals surface area contributed by atoms with Crippen molar-refractivity contribution in [2.24, 2.45) is 0 Å². The number of hydrogen-bond acceptors (Lipinski definition) is 3. The third-order valence-electron chi connectivity index (χ3n) is 2.09. The van der Waals surface area contributed by atoms with Crippen molar-refractivity contribution < 1.29 is 0 Å². The number of aromatic amines is 1. The van der Waals surface area contributed by atoms with Gasteiger partial charge in [-0.25, -0.2) is 9.97 Å². The summed E-state index contributed by atoms with van der Waals surface area (Å²) in [6.45, 7) is 2.18. The lowest BCUT2D eigenvalue weighted by Gasteiger charge is -1.94. The van der Waals surface area contributed by atoms with Crippen molar-refractivity contribution >= 4 is 11.0 Å². The first-order chi connectivity index (χ1) is 6.42. The van der Waals surface area contributed by atoms with E-state index >= 15 is 0 Å². The van der Waals surface area contributed by atoms with Gasteiger partial charge < -0.3 is 0 Å². The van der Waals surface area contributed by atoms with Crippen LogP contribution in [0.5, 0.6) is 0 Å². The Bertz CT molecular complexity index is 393. The number of unbranched alkanes of at least 4 members (excludes halogenated alkanes) is 1. The predicted octanol–water partition coefficient (Wildman–Crippen LogP) is 1.70. The first-order valence-corrected chi connectivity index (χ1v) is 4.54. The molecule has 4 heteroatoms. The van der Waals surface area contributed by atoms with Gasteiger partial charge in [0.15, 0.2) is 5.65 Å². The van der Waals surface area contributed by atoms with E-state index in [9.17, 15) is 0 Å². The van der Waals surface area contributed by atoms with Gasteiger partial charge in [0.1, 0.15) is 6.33 Å². The highest BCUT2D eigenvalue weighted by molar-refractivity contribution is 5.76. The van der Waals surface area contributed by atoms with Crippen LogP contribution in [0.2, 0.25) is 0 Å². The van der Waals surface area contributed by atoms with Gasteiger partial charge in [0.05, 0.1) is 5.39 Å². The van der Waals surface area contributed by atoms with Crippen molar-refractivity contribution in [2.75, 3.05) is 0 Å². The van der Waals surface area contributed by atoms with Crippen LogP contribution in [0.3, 0.4) is 0 Å². The average Bonchev–Trinajstić information content (AvgIpc) is 2.58. The monoisotopic (exact) mass is 176 g/mol. The minimum atomic E-state index is 0.765. The average molecular weight is 176 g/mol. The van der Waals surface area contributed by atoms with Crippen molar-refractivity contribution in [2.45, 2.75) is 26.2 Å². The van der Waals surface area contributed by atoms with Crippen molar-refractivity contribution in [3.8, 4) is 0 Å². The molecule has 0 spiro atoms. The van der Waals surface area contributed by atoms with Crippen LogP contribution in [0.4, 0.5) is 0 Å². The maximum atomic E-state index is 4.10. The highest BCUT2D eigenvalue weighted by Crippen LogP contribution is 2.13. The van der Waals surface area contributed by atoms with Crippen molar-refractivity contribution in [3.05, 3.63) is 18.2 Å². The number of nitrogens with zero attached hydrogens (tertiary/aromatic N) is 3. The molecule has 2 heterocycles. The molecule has 0 saturated carbocycles. The zero-order valence-electron chi connectivity index (χ0n) is 7.62. The fourth-order valence-corrected chi connectivity index (χ4v) is 1.35. The third-order valence-corrected chi connectivity index (χ3v) is 2.09. The van der Waals surface area contributed by atoms with E-state index in [2.05, 4.69) is 27.1 Å². The number of aromatic nitrogens is 4. The number of aryl methyl sites for hydroxylation is 1. The van der Waals surface area contributed by atoms with Crippen LogP contribution in [-0.2, 0) is 6.42 Å². The minimum absolute atomic E-state index is 0.765. The van der Waals surface area contributed by atoms with E-state index in [4.69, 9.17) is 0 Å². The summed E-state index contributed by atoms with van der Waals surface area (Å²) in [6.07, 6.45) is 6.73. The summed E-state index contributed by atoms with van der Waals surface area (Å²) in [6, 6.07) is 0. The lowest BCUT2D eigenvalue weighted by atomic mass is 10.2. The highest BCUT2D eigenvalue weighted by atomic mass is 15.2. The fraction of sp³-hybridized carbons (Fsp3) is 0.444. The molecule has 2 aromatic heterocycles. The second-order valence-electron chi connectivity index (χ2n) is 3.07. The molecule has 0 radical (unpaired) electrons. The first kappa shape index (κ1) is 8.16. The summed E-state index contributed by atoms with van der Waals surface area (Å²) in [7, 11) is 0. The van der Waals surface area contributed by atoms with Gasteiger partial charge in [0, 0.05) is 11.9 Å². The molecule has 0 fully saturated rings. The molecule has 0 amide bonds. The number of H-pyrrole nitrogens is 1. The molecule has 0 aliphatic carbocycles. The molecule has 0 bridgehead atoms. The second-order valence-corrected chi connectivity index (χ2v) is 3.07. The molecule has 0 unspecified atom stereocenters. The predicted molar refractivity (Wildman–Crippen MR) is 50.3 cm³/mol. The van der Waals surface area contributed by atoms with Crippen LogP contribution in [0.1, 0.15) is 25.5 Å². The summed E-state index contributed by atoms with van der Waals surface area (Å²) in [5.74, 6) is 0. The van der Waals surface area contributed by atoms with Crippen LogP contribution in [0.15, 0.2) is 12.5 Å². The first-order valence-electron chi connectivity index (χ1n) is 4.54.